The molecule has 3 aliphatic rings. The van der Waals surface area contributed by atoms with E-state index in [0.29, 0.717) is 29.4 Å². The predicted molar refractivity (Wildman–Crippen MR) is 157 cm³/mol. The zero-order valence-electron chi connectivity index (χ0n) is 24.5. The molecule has 2 aromatic rings. The van der Waals surface area contributed by atoms with Gasteiger partial charge >= 0.3 is 5.92 Å². The number of rotatable bonds is 9. The van der Waals surface area contributed by atoms with E-state index in [9.17, 15) is 18.4 Å². The minimum atomic E-state index is -3.55. The number of nitrogens with one attached hydrogen (secondary N) is 2. The van der Waals surface area contributed by atoms with Gasteiger partial charge in [0.05, 0.1) is 25.5 Å². The van der Waals surface area contributed by atoms with E-state index in [0.717, 1.165) is 69.7 Å². The normalized spacial score (nSPS) is 19.9. The van der Waals surface area contributed by atoms with Crippen LogP contribution in [0.2, 0.25) is 0 Å². The van der Waals surface area contributed by atoms with Gasteiger partial charge in [-0.2, -0.15) is 13.8 Å². The molecule has 42 heavy (non-hydrogen) atoms. The zero-order valence-corrected chi connectivity index (χ0v) is 24.5. The second-order valence-corrected chi connectivity index (χ2v) is 11.3. The number of alkyl halides is 2. The molecule has 1 saturated carbocycles. The maximum absolute atomic E-state index is 14.9. The van der Waals surface area contributed by atoms with Crippen molar-refractivity contribution < 1.29 is 23.1 Å². The topological polar surface area (TPSA) is 106 Å². The van der Waals surface area contributed by atoms with E-state index in [1.165, 1.54) is 20.4 Å². The SMILES string of the molecule is COc1cc(C(=O)NCCCN2CCN(C)CC2)ccc1Nc1ncc2c(n1)N(C1CCCC1)CC(F)(F)C(=O)N2C. The summed E-state index contributed by atoms with van der Waals surface area (Å²) in [5.41, 5.74) is 1.20. The number of aromatic nitrogens is 2. The number of methoxy groups -OCH3 is 1. The second-order valence-electron chi connectivity index (χ2n) is 11.3. The van der Waals surface area contributed by atoms with Crippen molar-refractivity contribution in [2.75, 3.05) is 82.1 Å². The van der Waals surface area contributed by atoms with Crippen molar-refractivity contribution in [3.8, 4) is 5.75 Å². The highest BCUT2D eigenvalue weighted by Gasteiger charge is 2.48. The maximum Gasteiger partial charge on any atom is 0.342 e. The van der Waals surface area contributed by atoms with Crippen LogP contribution in [0.15, 0.2) is 24.4 Å². The zero-order chi connectivity index (χ0) is 29.9. The first-order valence-corrected chi connectivity index (χ1v) is 14.6. The number of anilines is 4. The van der Waals surface area contributed by atoms with E-state index in [-0.39, 0.29) is 23.6 Å². The summed E-state index contributed by atoms with van der Waals surface area (Å²) >= 11 is 0. The molecular formula is C29H40F2N8O3. The third-order valence-electron chi connectivity index (χ3n) is 8.38. The van der Waals surface area contributed by atoms with Crippen LogP contribution in [0.4, 0.5) is 31.9 Å². The van der Waals surface area contributed by atoms with Crippen LogP contribution in [0, 0.1) is 0 Å². The summed E-state index contributed by atoms with van der Waals surface area (Å²) < 4.78 is 35.3. The molecule has 1 aromatic heterocycles. The Morgan fingerprint density at radius 3 is 2.60 bits per heavy atom. The van der Waals surface area contributed by atoms with Crippen molar-refractivity contribution in [1.29, 1.82) is 0 Å². The van der Waals surface area contributed by atoms with Gasteiger partial charge in [0.15, 0.2) is 5.82 Å². The molecule has 0 atom stereocenters. The highest BCUT2D eigenvalue weighted by molar-refractivity contribution is 6.02. The maximum atomic E-state index is 14.9. The van der Waals surface area contributed by atoms with Crippen LogP contribution in [0.25, 0.3) is 0 Å². The summed E-state index contributed by atoms with van der Waals surface area (Å²) in [6.07, 6.45) is 5.65. The Labute approximate surface area is 245 Å². The molecule has 11 nitrogen and oxygen atoms in total. The lowest BCUT2D eigenvalue weighted by Gasteiger charge is -2.32. The van der Waals surface area contributed by atoms with Gasteiger partial charge in [0.2, 0.25) is 5.95 Å². The van der Waals surface area contributed by atoms with Crippen LogP contribution in [-0.2, 0) is 4.79 Å². The van der Waals surface area contributed by atoms with E-state index < -0.39 is 18.4 Å². The highest BCUT2D eigenvalue weighted by atomic mass is 19.3. The number of carbonyl (C=O) groups excluding carboxylic acids is 2. The van der Waals surface area contributed by atoms with Gasteiger partial charge in [0, 0.05) is 51.4 Å². The van der Waals surface area contributed by atoms with Crippen LogP contribution in [0.5, 0.6) is 5.75 Å². The van der Waals surface area contributed by atoms with Crippen molar-refractivity contribution in [3.63, 3.8) is 0 Å². The smallest absolute Gasteiger partial charge is 0.342 e. The molecule has 0 spiro atoms. The van der Waals surface area contributed by atoms with Crippen LogP contribution in [0.1, 0.15) is 42.5 Å². The molecule has 13 heteroatoms. The third kappa shape index (κ3) is 6.57. The molecule has 3 heterocycles. The number of hydrogen-bond donors (Lipinski definition) is 2. The fraction of sp³-hybridized carbons (Fsp3) is 0.586. The number of halogens is 2. The lowest BCUT2D eigenvalue weighted by Crippen LogP contribution is -2.48. The molecule has 0 bridgehead atoms. The first kappa shape index (κ1) is 29.9. The molecule has 5 rings (SSSR count). The van der Waals surface area contributed by atoms with E-state index in [2.05, 4.69) is 37.4 Å². The number of ether oxygens (including phenoxy) is 1. The predicted octanol–water partition coefficient (Wildman–Crippen LogP) is 2.96. The number of carbonyl (C=O) groups is 2. The molecule has 0 radical (unpaired) electrons. The molecule has 1 saturated heterocycles. The molecule has 228 valence electrons. The van der Waals surface area contributed by atoms with Gasteiger partial charge in [0.1, 0.15) is 11.4 Å². The standard InChI is InChI=1S/C29H40F2N8O3/c1-36-13-15-38(16-14-36)12-6-11-32-26(40)20-9-10-22(24(17-20)42-3)34-28-33-18-23-25(35-28)39(21-7-4-5-8-21)19-29(30,31)27(41)37(23)2/h9-10,17-18,21H,4-8,11-16,19H2,1-3H3,(H,32,40)(H,33,34,35). The molecule has 2 aliphatic heterocycles. The summed E-state index contributed by atoms with van der Waals surface area (Å²) in [4.78, 5) is 41.5. The minimum Gasteiger partial charge on any atom is -0.495 e. The number of hydrogen-bond acceptors (Lipinski definition) is 9. The van der Waals surface area contributed by atoms with E-state index in [4.69, 9.17) is 4.74 Å². The fourth-order valence-corrected chi connectivity index (χ4v) is 5.84. The number of likely N-dealkylation sites (N-methyl/N-ethyl adjacent to an activating group) is 1. The summed E-state index contributed by atoms with van der Waals surface area (Å²) in [6, 6.07) is 4.89. The molecule has 1 aliphatic carbocycles. The van der Waals surface area contributed by atoms with Crippen LogP contribution in [-0.4, -0.2) is 111 Å². The van der Waals surface area contributed by atoms with Gasteiger partial charge < -0.3 is 35.0 Å². The summed E-state index contributed by atoms with van der Waals surface area (Å²) in [7, 11) is 4.95. The lowest BCUT2D eigenvalue weighted by molar-refractivity contribution is -0.140. The number of nitrogens with zero attached hydrogens (tertiary/aromatic N) is 6. The summed E-state index contributed by atoms with van der Waals surface area (Å²) in [5, 5.41) is 6.08. The van der Waals surface area contributed by atoms with Crippen molar-refractivity contribution in [2.24, 2.45) is 0 Å². The Morgan fingerprint density at radius 1 is 1.14 bits per heavy atom. The first-order valence-electron chi connectivity index (χ1n) is 14.6. The van der Waals surface area contributed by atoms with E-state index in [1.807, 2.05) is 0 Å². The molecule has 2 fully saturated rings. The van der Waals surface area contributed by atoms with Gasteiger partial charge in [0.25, 0.3) is 11.8 Å². The van der Waals surface area contributed by atoms with E-state index in [1.54, 1.807) is 23.1 Å². The molecule has 1 aromatic carbocycles. The third-order valence-corrected chi connectivity index (χ3v) is 8.38. The van der Waals surface area contributed by atoms with Gasteiger partial charge in [-0.1, -0.05) is 12.8 Å². The highest BCUT2D eigenvalue weighted by Crippen LogP contribution is 2.40. The first-order chi connectivity index (χ1) is 20.2. The van der Waals surface area contributed by atoms with Crippen molar-refractivity contribution in [2.45, 2.75) is 44.1 Å². The Morgan fingerprint density at radius 2 is 1.88 bits per heavy atom. The molecule has 0 unspecified atom stereocenters. The van der Waals surface area contributed by atoms with Gasteiger partial charge in [-0.25, -0.2) is 4.98 Å². The van der Waals surface area contributed by atoms with Gasteiger partial charge in [-0.3, -0.25) is 9.59 Å². The molecule has 2 amide bonds. The Kier molecular flexibility index (Phi) is 9.07. The average Bonchev–Trinajstić information content (AvgIpc) is 3.51. The lowest BCUT2D eigenvalue weighted by atomic mass is 10.1. The fourth-order valence-electron chi connectivity index (χ4n) is 5.84. The number of benzene rings is 1. The van der Waals surface area contributed by atoms with Gasteiger partial charge in [-0.05, 0) is 51.1 Å². The monoisotopic (exact) mass is 586 g/mol. The van der Waals surface area contributed by atoms with Crippen molar-refractivity contribution in [3.05, 3.63) is 30.0 Å². The summed E-state index contributed by atoms with van der Waals surface area (Å²) in [6.45, 7) is 5.01. The minimum absolute atomic E-state index is 0.134. The van der Waals surface area contributed by atoms with Crippen LogP contribution < -0.4 is 25.2 Å². The molecular weight excluding hydrogens is 546 g/mol. The Balaban J connectivity index is 1.28. The van der Waals surface area contributed by atoms with Crippen molar-refractivity contribution in [1.82, 2.24) is 25.1 Å². The Bertz CT molecular complexity index is 1280. The Hall–Kier alpha value is -3.58. The summed E-state index contributed by atoms with van der Waals surface area (Å²) in [5.74, 6) is -4.15. The quantitative estimate of drug-likeness (QED) is 0.429. The molecule has 2 N–H and O–H groups in total. The van der Waals surface area contributed by atoms with Crippen molar-refractivity contribution >= 4 is 35.0 Å². The number of fused-ring (bicyclic) bond motifs is 1. The second kappa shape index (κ2) is 12.7. The van der Waals surface area contributed by atoms with Crippen LogP contribution >= 0.6 is 0 Å². The van der Waals surface area contributed by atoms with Gasteiger partial charge in [-0.15, -0.1) is 0 Å². The number of amides is 2. The van der Waals surface area contributed by atoms with Crippen LogP contribution in [0.3, 0.4) is 0 Å². The average molecular weight is 587 g/mol. The number of piperazine rings is 1. The largest absolute Gasteiger partial charge is 0.495 e. The van der Waals surface area contributed by atoms with E-state index >= 15 is 0 Å².